The van der Waals surface area contributed by atoms with E-state index >= 15 is 0 Å². The molecule has 0 saturated carbocycles. The van der Waals surface area contributed by atoms with E-state index in [2.05, 4.69) is 193 Å². The molecule has 0 aliphatic heterocycles. The SMILES string of the molecule is c1ccc(-c2ccccc2N(c2cccc(-c3ccc4ccccc4c3)c2)c2ccccc2-c2cccc3sc4ccccc4c23)cc1. The zero-order chi connectivity index (χ0) is 31.9. The van der Waals surface area contributed by atoms with Gasteiger partial charge in [0.15, 0.2) is 0 Å². The summed E-state index contributed by atoms with van der Waals surface area (Å²) in [6, 6.07) is 68.2. The zero-order valence-electron chi connectivity index (χ0n) is 26.3. The molecule has 0 spiro atoms. The fourth-order valence-corrected chi connectivity index (χ4v) is 8.16. The lowest BCUT2D eigenvalue weighted by Gasteiger charge is -2.30. The molecule has 9 rings (SSSR count). The lowest BCUT2D eigenvalue weighted by atomic mass is 9.95. The van der Waals surface area contributed by atoms with E-state index in [9.17, 15) is 0 Å². The summed E-state index contributed by atoms with van der Waals surface area (Å²) in [5.74, 6) is 0. The number of para-hydroxylation sites is 2. The van der Waals surface area contributed by atoms with Crippen LogP contribution in [0.1, 0.15) is 0 Å². The summed E-state index contributed by atoms with van der Waals surface area (Å²) in [6.07, 6.45) is 0. The summed E-state index contributed by atoms with van der Waals surface area (Å²) in [7, 11) is 0. The monoisotopic (exact) mass is 629 g/mol. The Balaban J connectivity index is 1.30. The third kappa shape index (κ3) is 4.95. The first-order chi connectivity index (χ1) is 23.8. The molecule has 0 aliphatic rings. The predicted molar refractivity (Wildman–Crippen MR) is 208 cm³/mol. The molecule has 2 heteroatoms. The fourth-order valence-electron chi connectivity index (χ4n) is 7.03. The molecule has 0 radical (unpaired) electrons. The van der Waals surface area contributed by atoms with E-state index in [-0.39, 0.29) is 0 Å². The molecule has 0 unspecified atom stereocenters. The van der Waals surface area contributed by atoms with Crippen LogP contribution in [0.15, 0.2) is 188 Å². The summed E-state index contributed by atoms with van der Waals surface area (Å²) < 4.78 is 2.62. The summed E-state index contributed by atoms with van der Waals surface area (Å²) >= 11 is 1.86. The average Bonchev–Trinajstić information content (AvgIpc) is 3.55. The maximum atomic E-state index is 2.45. The molecule has 0 saturated heterocycles. The molecule has 226 valence electrons. The van der Waals surface area contributed by atoms with Gasteiger partial charge in [-0.1, -0.05) is 146 Å². The Labute approximate surface area is 284 Å². The molecule has 1 heterocycles. The Morgan fingerprint density at radius 1 is 0.354 bits per heavy atom. The number of anilines is 3. The summed E-state index contributed by atoms with van der Waals surface area (Å²) in [4.78, 5) is 2.45. The van der Waals surface area contributed by atoms with E-state index in [0.29, 0.717) is 0 Å². The molecule has 8 aromatic carbocycles. The van der Waals surface area contributed by atoms with Crippen molar-refractivity contribution in [2.45, 2.75) is 0 Å². The van der Waals surface area contributed by atoms with Crippen molar-refractivity contribution in [3.63, 3.8) is 0 Å². The highest BCUT2D eigenvalue weighted by Gasteiger charge is 2.22. The minimum atomic E-state index is 1.11. The Morgan fingerprint density at radius 3 is 1.83 bits per heavy atom. The van der Waals surface area contributed by atoms with Crippen LogP contribution in [0, 0.1) is 0 Å². The molecule has 0 amide bonds. The van der Waals surface area contributed by atoms with Gasteiger partial charge in [-0.25, -0.2) is 0 Å². The molecule has 1 aromatic heterocycles. The third-order valence-electron chi connectivity index (χ3n) is 9.25. The second-order valence-corrected chi connectivity index (χ2v) is 13.2. The van der Waals surface area contributed by atoms with Gasteiger partial charge in [0, 0.05) is 37.0 Å². The van der Waals surface area contributed by atoms with Crippen molar-refractivity contribution in [1.29, 1.82) is 0 Å². The van der Waals surface area contributed by atoms with E-state index in [4.69, 9.17) is 0 Å². The minimum Gasteiger partial charge on any atom is -0.309 e. The maximum absolute atomic E-state index is 2.45. The van der Waals surface area contributed by atoms with Crippen LogP contribution in [0.25, 0.3) is 64.3 Å². The molecular formula is C46H31NS. The second-order valence-electron chi connectivity index (χ2n) is 12.1. The van der Waals surface area contributed by atoms with Gasteiger partial charge in [-0.3, -0.25) is 0 Å². The van der Waals surface area contributed by atoms with Crippen molar-refractivity contribution >= 4 is 59.3 Å². The first-order valence-corrected chi connectivity index (χ1v) is 17.2. The number of fused-ring (bicyclic) bond motifs is 4. The largest absolute Gasteiger partial charge is 0.309 e. The maximum Gasteiger partial charge on any atom is 0.0540 e. The van der Waals surface area contributed by atoms with Crippen LogP contribution >= 0.6 is 11.3 Å². The minimum absolute atomic E-state index is 1.11. The van der Waals surface area contributed by atoms with Crippen molar-refractivity contribution in [2.75, 3.05) is 4.90 Å². The molecule has 0 fully saturated rings. The molecule has 9 aromatic rings. The van der Waals surface area contributed by atoms with Crippen LogP contribution in [0.3, 0.4) is 0 Å². The number of benzene rings is 8. The van der Waals surface area contributed by atoms with Gasteiger partial charge in [-0.05, 0) is 75.5 Å². The van der Waals surface area contributed by atoms with Crippen molar-refractivity contribution in [3.05, 3.63) is 188 Å². The van der Waals surface area contributed by atoms with Gasteiger partial charge in [0.25, 0.3) is 0 Å². The summed E-state index contributed by atoms with van der Waals surface area (Å²) in [5.41, 5.74) is 10.6. The van der Waals surface area contributed by atoms with Crippen LogP contribution in [0.5, 0.6) is 0 Å². The number of thiophene rings is 1. The van der Waals surface area contributed by atoms with E-state index in [1.54, 1.807) is 0 Å². The highest BCUT2D eigenvalue weighted by Crippen LogP contribution is 2.48. The predicted octanol–water partition coefficient (Wildman–Crippen LogP) is 13.7. The molecule has 0 atom stereocenters. The third-order valence-corrected chi connectivity index (χ3v) is 10.4. The van der Waals surface area contributed by atoms with Crippen LogP contribution in [0.2, 0.25) is 0 Å². The molecule has 0 aliphatic carbocycles. The van der Waals surface area contributed by atoms with Crippen molar-refractivity contribution in [2.24, 2.45) is 0 Å². The van der Waals surface area contributed by atoms with Gasteiger partial charge in [0.2, 0.25) is 0 Å². The summed E-state index contributed by atoms with van der Waals surface area (Å²) in [6.45, 7) is 0. The van der Waals surface area contributed by atoms with Crippen LogP contribution in [0.4, 0.5) is 17.1 Å². The topological polar surface area (TPSA) is 3.24 Å². The second kappa shape index (κ2) is 12.0. The van der Waals surface area contributed by atoms with Gasteiger partial charge in [-0.2, -0.15) is 0 Å². The molecule has 0 N–H and O–H groups in total. The Morgan fingerprint density at radius 2 is 0.958 bits per heavy atom. The lowest BCUT2D eigenvalue weighted by molar-refractivity contribution is 1.28. The van der Waals surface area contributed by atoms with Crippen molar-refractivity contribution in [3.8, 4) is 33.4 Å². The number of nitrogens with zero attached hydrogens (tertiary/aromatic N) is 1. The smallest absolute Gasteiger partial charge is 0.0540 e. The Hall–Kier alpha value is -5.96. The Kier molecular flexibility index (Phi) is 7.07. The fraction of sp³-hybridized carbons (Fsp3) is 0. The van der Waals surface area contributed by atoms with Crippen LogP contribution in [-0.4, -0.2) is 0 Å². The quantitative estimate of drug-likeness (QED) is 0.177. The number of rotatable bonds is 6. The van der Waals surface area contributed by atoms with Gasteiger partial charge in [0.1, 0.15) is 0 Å². The van der Waals surface area contributed by atoms with Crippen molar-refractivity contribution in [1.82, 2.24) is 0 Å². The first-order valence-electron chi connectivity index (χ1n) is 16.4. The van der Waals surface area contributed by atoms with Gasteiger partial charge < -0.3 is 4.90 Å². The molecule has 0 bridgehead atoms. The van der Waals surface area contributed by atoms with E-state index < -0.39 is 0 Å². The van der Waals surface area contributed by atoms with E-state index in [1.807, 2.05) is 11.3 Å². The first kappa shape index (κ1) is 28.3. The van der Waals surface area contributed by atoms with Crippen LogP contribution < -0.4 is 4.90 Å². The average molecular weight is 630 g/mol. The summed E-state index contributed by atoms with van der Waals surface area (Å²) in [5, 5.41) is 5.11. The van der Waals surface area contributed by atoms with Gasteiger partial charge in [-0.15, -0.1) is 11.3 Å². The highest BCUT2D eigenvalue weighted by molar-refractivity contribution is 7.25. The van der Waals surface area contributed by atoms with Gasteiger partial charge >= 0.3 is 0 Å². The Bertz CT molecular complexity index is 2580. The molecule has 1 nitrogen and oxygen atoms in total. The number of hydrogen-bond donors (Lipinski definition) is 0. The highest BCUT2D eigenvalue weighted by atomic mass is 32.1. The number of hydrogen-bond acceptors (Lipinski definition) is 2. The van der Waals surface area contributed by atoms with E-state index in [1.165, 1.54) is 64.3 Å². The van der Waals surface area contributed by atoms with E-state index in [0.717, 1.165) is 17.1 Å². The van der Waals surface area contributed by atoms with Gasteiger partial charge in [0.05, 0.1) is 11.4 Å². The van der Waals surface area contributed by atoms with Crippen molar-refractivity contribution < 1.29 is 0 Å². The van der Waals surface area contributed by atoms with Crippen LogP contribution in [-0.2, 0) is 0 Å². The standard InChI is InChI=1S/C46H31NS/c1-2-15-33(16-3-1)38-20-6-9-24-42(38)47(37-19-12-18-35(31-37)36-29-28-32-14-4-5-17-34(32)30-36)43-25-10-7-21-39(43)40-23-13-27-45-46(40)41-22-8-11-26-44(41)48-45/h1-31H. The molecular weight excluding hydrogens is 599 g/mol. The lowest BCUT2D eigenvalue weighted by Crippen LogP contribution is -2.12. The molecule has 48 heavy (non-hydrogen) atoms. The normalized spacial score (nSPS) is 11.3. The zero-order valence-corrected chi connectivity index (χ0v) is 27.1.